The third-order valence-electron chi connectivity index (χ3n) is 2.86. The van der Waals surface area contributed by atoms with Gasteiger partial charge in [0.1, 0.15) is 6.61 Å². The second-order valence-corrected chi connectivity index (χ2v) is 4.79. The van der Waals surface area contributed by atoms with E-state index in [0.29, 0.717) is 12.2 Å². The molecule has 0 saturated carbocycles. The topological polar surface area (TPSA) is 206 Å². The van der Waals surface area contributed by atoms with Crippen LogP contribution in [-0.4, -0.2) is 59.8 Å². The van der Waals surface area contributed by atoms with Gasteiger partial charge in [0.05, 0.1) is 5.57 Å². The molecule has 0 atom stereocenters. The summed E-state index contributed by atoms with van der Waals surface area (Å²) >= 11 is 0. The van der Waals surface area contributed by atoms with Crippen LogP contribution in [0.4, 0.5) is 0 Å². The van der Waals surface area contributed by atoms with Gasteiger partial charge in [-0.15, -0.1) is 0 Å². The van der Waals surface area contributed by atoms with Crippen LogP contribution in [0.5, 0.6) is 0 Å². The van der Waals surface area contributed by atoms with Crippen LogP contribution in [0.3, 0.4) is 0 Å². The summed E-state index contributed by atoms with van der Waals surface area (Å²) in [5.74, 6) is -7.79. The first-order valence-corrected chi connectivity index (χ1v) is 7.09. The minimum Gasteiger partial charge on any atom is -0.390 e. The lowest BCUT2D eigenvalue weighted by molar-refractivity contribution is -0.173. The van der Waals surface area contributed by atoms with Gasteiger partial charge < -0.3 is 29.8 Å². The van der Waals surface area contributed by atoms with Crippen LogP contribution in [0.15, 0.2) is 51.8 Å². The van der Waals surface area contributed by atoms with Gasteiger partial charge in [0.25, 0.3) is 0 Å². The standard InChI is InChI=1S/C14H13N3O12/c1-4-8(19)27-15-11(22)16(28-9(20)5-2)13(24)17(12(15)23)29-10(21)7(3)14(25,26)6-18/h4-5,18,25-26H,1-3,6H2. The molecule has 0 saturated heterocycles. The fourth-order valence-corrected chi connectivity index (χ4v) is 1.38. The minimum atomic E-state index is -3.20. The predicted octanol–water partition coefficient (Wildman–Crippen LogP) is -5.36. The Kier molecular flexibility index (Phi) is 6.92. The van der Waals surface area contributed by atoms with Crippen LogP contribution >= 0.6 is 0 Å². The first-order valence-electron chi connectivity index (χ1n) is 7.09. The lowest BCUT2D eigenvalue weighted by Gasteiger charge is -2.19. The van der Waals surface area contributed by atoms with Crippen LogP contribution in [-0.2, 0) is 14.4 Å². The number of nitrogens with zero attached hydrogens (tertiary/aromatic N) is 3. The van der Waals surface area contributed by atoms with E-state index < -0.39 is 67.1 Å². The summed E-state index contributed by atoms with van der Waals surface area (Å²) < 4.78 is -1.40. The number of rotatable bonds is 8. The van der Waals surface area contributed by atoms with E-state index >= 15 is 0 Å². The van der Waals surface area contributed by atoms with Crippen molar-refractivity contribution < 1.29 is 44.2 Å². The van der Waals surface area contributed by atoms with E-state index in [2.05, 4.69) is 34.2 Å². The zero-order valence-electron chi connectivity index (χ0n) is 14.3. The van der Waals surface area contributed by atoms with Crippen molar-refractivity contribution in [2.75, 3.05) is 6.61 Å². The van der Waals surface area contributed by atoms with Gasteiger partial charge in [0.2, 0.25) is 5.79 Å². The molecule has 0 aliphatic heterocycles. The molecular formula is C14H13N3O12. The first kappa shape index (κ1) is 23.0. The highest BCUT2D eigenvalue weighted by molar-refractivity contribution is 5.89. The fourth-order valence-electron chi connectivity index (χ4n) is 1.38. The monoisotopic (exact) mass is 415 g/mol. The molecule has 1 aromatic rings. The Bertz CT molecular complexity index is 1010. The lowest BCUT2D eigenvalue weighted by Crippen LogP contribution is -2.61. The smallest absolute Gasteiger partial charge is 0.390 e. The van der Waals surface area contributed by atoms with Crippen molar-refractivity contribution in [1.82, 2.24) is 14.2 Å². The van der Waals surface area contributed by atoms with Crippen molar-refractivity contribution in [3.63, 3.8) is 0 Å². The predicted molar refractivity (Wildman–Crippen MR) is 87.8 cm³/mol. The summed E-state index contributed by atoms with van der Waals surface area (Å²) in [4.78, 5) is 83.9. The molecule has 0 aliphatic carbocycles. The molecule has 29 heavy (non-hydrogen) atoms. The molecule has 0 bridgehead atoms. The van der Waals surface area contributed by atoms with E-state index in [9.17, 15) is 39.0 Å². The van der Waals surface area contributed by atoms with Gasteiger partial charge in [0.15, 0.2) is 0 Å². The van der Waals surface area contributed by atoms with E-state index in [1.54, 1.807) is 0 Å². The van der Waals surface area contributed by atoms with Crippen LogP contribution in [0.1, 0.15) is 0 Å². The highest BCUT2D eigenvalue weighted by Gasteiger charge is 2.34. The summed E-state index contributed by atoms with van der Waals surface area (Å²) in [6.45, 7) is 7.50. The molecule has 1 heterocycles. The Hall–Kier alpha value is -4.08. The molecule has 15 heteroatoms. The van der Waals surface area contributed by atoms with Crippen molar-refractivity contribution >= 4 is 17.9 Å². The molecule has 156 valence electrons. The van der Waals surface area contributed by atoms with Crippen molar-refractivity contribution in [3.8, 4) is 0 Å². The van der Waals surface area contributed by atoms with Gasteiger partial charge in [-0.25, -0.2) is 28.8 Å². The maximum Gasteiger partial charge on any atom is 0.405 e. The Labute approximate surface area is 158 Å². The second kappa shape index (κ2) is 8.74. The molecule has 0 fully saturated rings. The molecule has 0 spiro atoms. The second-order valence-electron chi connectivity index (χ2n) is 4.79. The molecule has 1 rings (SSSR count). The zero-order valence-corrected chi connectivity index (χ0v) is 14.3. The molecule has 1 aromatic heterocycles. The van der Waals surface area contributed by atoms with Crippen molar-refractivity contribution in [3.05, 3.63) is 68.9 Å². The maximum atomic E-state index is 12.2. The molecular weight excluding hydrogens is 402 g/mol. The largest absolute Gasteiger partial charge is 0.405 e. The molecule has 3 N–H and O–H groups in total. The van der Waals surface area contributed by atoms with Gasteiger partial charge in [-0.3, -0.25) is 0 Å². The van der Waals surface area contributed by atoms with Crippen molar-refractivity contribution in [2.45, 2.75) is 5.79 Å². The van der Waals surface area contributed by atoms with Gasteiger partial charge in [-0.1, -0.05) is 33.9 Å². The van der Waals surface area contributed by atoms with E-state index in [0.717, 1.165) is 0 Å². The summed E-state index contributed by atoms with van der Waals surface area (Å²) in [6.07, 6.45) is 1.03. The highest BCUT2D eigenvalue weighted by atomic mass is 16.8. The average Bonchev–Trinajstić information content (AvgIpc) is 2.70. The van der Waals surface area contributed by atoms with E-state index in [4.69, 9.17) is 5.11 Å². The van der Waals surface area contributed by atoms with Gasteiger partial charge >= 0.3 is 35.0 Å². The fraction of sp³-hybridized carbons (Fsp3) is 0.143. The van der Waals surface area contributed by atoms with Crippen molar-refractivity contribution in [1.29, 1.82) is 0 Å². The SMILES string of the molecule is C=CC(=O)On1c(=O)n(OC(=O)C=C)c(=O)n(OC(=O)C(=C)C(O)(O)CO)c1=O. The molecule has 15 nitrogen and oxygen atoms in total. The highest BCUT2D eigenvalue weighted by Crippen LogP contribution is 2.10. The number of hydrogen-bond donors (Lipinski definition) is 3. The van der Waals surface area contributed by atoms with Crippen LogP contribution < -0.4 is 31.6 Å². The first-order chi connectivity index (χ1) is 13.4. The number of hydrogen-bond acceptors (Lipinski definition) is 12. The third-order valence-corrected chi connectivity index (χ3v) is 2.86. The maximum absolute atomic E-state index is 12.2. The molecule has 0 radical (unpaired) electrons. The van der Waals surface area contributed by atoms with Gasteiger partial charge in [-0.05, 0) is 0 Å². The normalized spacial score (nSPS) is 10.6. The summed E-state index contributed by atoms with van der Waals surface area (Å²) in [5.41, 5.74) is -6.80. The van der Waals surface area contributed by atoms with Gasteiger partial charge in [0, 0.05) is 12.2 Å². The minimum absolute atomic E-state index is 0.436. The molecule has 0 aliphatic rings. The number of aliphatic hydroxyl groups is 3. The Morgan fingerprint density at radius 2 is 1.21 bits per heavy atom. The summed E-state index contributed by atoms with van der Waals surface area (Å²) in [6, 6.07) is 0. The van der Waals surface area contributed by atoms with E-state index in [-0.39, 0.29) is 0 Å². The number of carbonyl (C=O) groups is 3. The van der Waals surface area contributed by atoms with E-state index in [1.165, 1.54) is 0 Å². The van der Waals surface area contributed by atoms with Gasteiger partial charge in [-0.2, -0.15) is 0 Å². The Balaban J connectivity index is 3.67. The summed E-state index contributed by atoms with van der Waals surface area (Å²) in [5, 5.41) is 27.5. The Morgan fingerprint density at radius 1 is 0.862 bits per heavy atom. The average molecular weight is 415 g/mol. The van der Waals surface area contributed by atoms with Crippen LogP contribution in [0.2, 0.25) is 0 Å². The van der Waals surface area contributed by atoms with E-state index in [1.807, 2.05) is 0 Å². The number of aliphatic hydroxyl groups excluding tert-OH is 1. The third kappa shape index (κ3) is 4.80. The Morgan fingerprint density at radius 3 is 1.52 bits per heavy atom. The molecule has 0 aromatic carbocycles. The van der Waals surface area contributed by atoms with Crippen molar-refractivity contribution in [2.24, 2.45) is 0 Å². The zero-order chi connectivity index (χ0) is 22.5. The van der Waals surface area contributed by atoms with Crippen LogP contribution in [0.25, 0.3) is 0 Å². The van der Waals surface area contributed by atoms with Crippen LogP contribution in [0, 0.1) is 0 Å². The molecule has 0 amide bonds. The number of aromatic nitrogens is 3. The quantitative estimate of drug-likeness (QED) is 0.269. The lowest BCUT2D eigenvalue weighted by atomic mass is 10.1. The number of carbonyl (C=O) groups excluding carboxylic acids is 3. The molecule has 0 unspecified atom stereocenters. The summed E-state index contributed by atoms with van der Waals surface area (Å²) in [7, 11) is 0.